The third-order valence-corrected chi connectivity index (χ3v) is 5.35. The highest BCUT2D eigenvalue weighted by Gasteiger charge is 2.35. The number of hydrogen-bond donors (Lipinski definition) is 0. The number of nitrogens with zero attached hydrogens (tertiary/aromatic N) is 1. The average Bonchev–Trinajstić information content (AvgIpc) is 2.86. The van der Waals surface area contributed by atoms with Crippen molar-refractivity contribution >= 4 is 44.9 Å². The summed E-state index contributed by atoms with van der Waals surface area (Å²) >= 11 is 4.41. The predicted octanol–water partition coefficient (Wildman–Crippen LogP) is 5.08. The minimum Gasteiger partial charge on any atom is -0.493 e. The summed E-state index contributed by atoms with van der Waals surface area (Å²) in [6.07, 6.45) is 1.72. The largest absolute Gasteiger partial charge is 0.493 e. The van der Waals surface area contributed by atoms with Gasteiger partial charge in [0.2, 0.25) is 0 Å². The molecule has 0 atom stereocenters. The first-order chi connectivity index (χ1) is 12.1. The quantitative estimate of drug-likeness (QED) is 0.635. The topological polar surface area (TPSA) is 46.6 Å². The van der Waals surface area contributed by atoms with Crippen molar-refractivity contribution in [3.8, 4) is 5.75 Å². The molecule has 4 nitrogen and oxygen atoms in total. The van der Waals surface area contributed by atoms with Gasteiger partial charge in [-0.25, -0.2) is 0 Å². The first-order valence-corrected chi connectivity index (χ1v) is 9.41. The van der Waals surface area contributed by atoms with Crippen molar-refractivity contribution in [1.82, 2.24) is 4.90 Å². The smallest absolute Gasteiger partial charge is 0.293 e. The summed E-state index contributed by atoms with van der Waals surface area (Å²) in [5, 5.41) is -0.263. The molecule has 128 valence electrons. The fourth-order valence-corrected chi connectivity index (χ4v) is 3.70. The fraction of sp³-hybridized carbons (Fsp3) is 0.158. The van der Waals surface area contributed by atoms with E-state index in [0.29, 0.717) is 17.3 Å². The van der Waals surface area contributed by atoms with Crippen LogP contribution in [0.15, 0.2) is 57.9 Å². The molecule has 1 heterocycles. The minimum absolute atomic E-state index is 0.247. The predicted molar refractivity (Wildman–Crippen MR) is 103 cm³/mol. The third-order valence-electron chi connectivity index (χ3n) is 3.67. The van der Waals surface area contributed by atoms with E-state index in [1.165, 1.54) is 4.90 Å². The molecule has 1 aliphatic heterocycles. The first kappa shape index (κ1) is 17.8. The van der Waals surface area contributed by atoms with Crippen molar-refractivity contribution in [3.63, 3.8) is 0 Å². The van der Waals surface area contributed by atoms with Crippen molar-refractivity contribution in [2.24, 2.45) is 0 Å². The van der Waals surface area contributed by atoms with Crippen LogP contribution in [0.4, 0.5) is 4.79 Å². The molecule has 2 aromatic carbocycles. The van der Waals surface area contributed by atoms with Crippen LogP contribution in [-0.4, -0.2) is 22.7 Å². The number of carbonyl (C=O) groups is 2. The van der Waals surface area contributed by atoms with E-state index in [1.54, 1.807) is 6.08 Å². The Balaban J connectivity index is 1.85. The monoisotopic (exact) mass is 417 g/mol. The van der Waals surface area contributed by atoms with E-state index in [-0.39, 0.29) is 17.7 Å². The highest BCUT2D eigenvalue weighted by atomic mass is 79.9. The molecule has 25 heavy (non-hydrogen) atoms. The molecule has 6 heteroatoms. The van der Waals surface area contributed by atoms with Gasteiger partial charge in [0, 0.05) is 10.0 Å². The Hall–Kier alpha value is -2.05. The standard InChI is InChI=1S/C19H16BrNO3S/c1-2-24-16-10-6-4-7-13(16)11-17-18(22)21(19(23)25-17)12-14-8-3-5-9-15(14)20/h3-11H,2,12H2,1H3/b17-11-. The molecule has 0 aromatic heterocycles. The van der Waals surface area contributed by atoms with Gasteiger partial charge >= 0.3 is 0 Å². The molecule has 0 radical (unpaired) electrons. The van der Waals surface area contributed by atoms with E-state index in [4.69, 9.17) is 4.74 Å². The van der Waals surface area contributed by atoms with Crippen molar-refractivity contribution < 1.29 is 14.3 Å². The van der Waals surface area contributed by atoms with E-state index < -0.39 is 0 Å². The lowest BCUT2D eigenvalue weighted by Crippen LogP contribution is -2.27. The zero-order valence-corrected chi connectivity index (χ0v) is 16.0. The van der Waals surface area contributed by atoms with Gasteiger partial charge in [0.15, 0.2) is 0 Å². The Labute approximate surface area is 159 Å². The Kier molecular flexibility index (Phi) is 5.60. The summed E-state index contributed by atoms with van der Waals surface area (Å²) in [5.41, 5.74) is 1.68. The van der Waals surface area contributed by atoms with Crippen molar-refractivity contribution in [2.75, 3.05) is 6.61 Å². The molecule has 0 spiro atoms. The summed E-state index contributed by atoms with van der Waals surface area (Å²) in [6, 6.07) is 15.0. The first-order valence-electron chi connectivity index (χ1n) is 7.80. The minimum atomic E-state index is -0.281. The van der Waals surface area contributed by atoms with Gasteiger partial charge in [-0.3, -0.25) is 14.5 Å². The number of carbonyl (C=O) groups excluding carboxylic acids is 2. The maximum absolute atomic E-state index is 12.7. The number of thioether (sulfide) groups is 1. The van der Waals surface area contributed by atoms with Gasteiger partial charge in [-0.2, -0.15) is 0 Å². The lowest BCUT2D eigenvalue weighted by Gasteiger charge is -2.13. The van der Waals surface area contributed by atoms with Gasteiger partial charge < -0.3 is 4.74 Å². The van der Waals surface area contributed by atoms with Crippen LogP contribution in [-0.2, 0) is 11.3 Å². The summed E-state index contributed by atoms with van der Waals surface area (Å²) in [7, 11) is 0. The summed E-state index contributed by atoms with van der Waals surface area (Å²) < 4.78 is 6.45. The molecule has 1 saturated heterocycles. The van der Waals surface area contributed by atoms with Crippen molar-refractivity contribution in [1.29, 1.82) is 0 Å². The van der Waals surface area contributed by atoms with Crippen LogP contribution in [0.3, 0.4) is 0 Å². The van der Waals surface area contributed by atoms with E-state index in [1.807, 2.05) is 55.5 Å². The molecular formula is C19H16BrNO3S. The summed E-state index contributed by atoms with van der Waals surface area (Å²) in [5.74, 6) is 0.416. The van der Waals surface area contributed by atoms with Crippen molar-refractivity contribution in [3.05, 3.63) is 69.0 Å². The number of hydrogen-bond acceptors (Lipinski definition) is 4. The van der Waals surface area contributed by atoms with E-state index in [0.717, 1.165) is 27.4 Å². The Morgan fingerprint density at radius 2 is 1.84 bits per heavy atom. The van der Waals surface area contributed by atoms with Gasteiger partial charge in [-0.05, 0) is 42.5 Å². The highest BCUT2D eigenvalue weighted by molar-refractivity contribution is 9.10. The van der Waals surface area contributed by atoms with E-state index >= 15 is 0 Å². The van der Waals surface area contributed by atoms with Crippen LogP contribution in [0, 0.1) is 0 Å². The Morgan fingerprint density at radius 3 is 2.60 bits per heavy atom. The number of imide groups is 1. The van der Waals surface area contributed by atoms with E-state index in [9.17, 15) is 9.59 Å². The second-order valence-electron chi connectivity index (χ2n) is 5.33. The lowest BCUT2D eigenvalue weighted by molar-refractivity contribution is -0.123. The molecule has 2 amide bonds. The molecule has 0 unspecified atom stereocenters. The van der Waals surface area contributed by atoms with Crippen LogP contribution in [0.25, 0.3) is 6.08 Å². The summed E-state index contributed by atoms with van der Waals surface area (Å²) in [4.78, 5) is 26.6. The number of ether oxygens (including phenoxy) is 1. The maximum Gasteiger partial charge on any atom is 0.293 e. The van der Waals surface area contributed by atoms with Gasteiger partial charge in [-0.1, -0.05) is 52.3 Å². The Bertz CT molecular complexity index is 850. The van der Waals surface area contributed by atoms with Gasteiger partial charge in [0.1, 0.15) is 5.75 Å². The average molecular weight is 418 g/mol. The van der Waals surface area contributed by atoms with Crippen LogP contribution in [0.2, 0.25) is 0 Å². The molecule has 0 N–H and O–H groups in total. The second-order valence-corrected chi connectivity index (χ2v) is 7.18. The SMILES string of the molecule is CCOc1ccccc1/C=C1\SC(=O)N(Cc2ccccc2Br)C1=O. The molecule has 3 rings (SSSR count). The lowest BCUT2D eigenvalue weighted by atomic mass is 10.1. The van der Waals surface area contributed by atoms with Crippen LogP contribution >= 0.6 is 27.7 Å². The normalized spacial score (nSPS) is 15.9. The third kappa shape index (κ3) is 3.96. The van der Waals surface area contributed by atoms with Crippen LogP contribution in [0.5, 0.6) is 5.75 Å². The zero-order valence-electron chi connectivity index (χ0n) is 13.6. The number of para-hydroxylation sites is 1. The van der Waals surface area contributed by atoms with Gasteiger partial charge in [-0.15, -0.1) is 0 Å². The summed E-state index contributed by atoms with van der Waals surface area (Å²) in [6.45, 7) is 2.69. The van der Waals surface area contributed by atoms with Crippen molar-refractivity contribution in [2.45, 2.75) is 13.5 Å². The van der Waals surface area contributed by atoms with Gasteiger partial charge in [0.05, 0.1) is 18.1 Å². The van der Waals surface area contributed by atoms with E-state index in [2.05, 4.69) is 15.9 Å². The number of rotatable bonds is 5. The second kappa shape index (κ2) is 7.89. The molecule has 0 saturated carbocycles. The molecule has 0 aliphatic carbocycles. The molecular weight excluding hydrogens is 402 g/mol. The van der Waals surface area contributed by atoms with Crippen LogP contribution < -0.4 is 4.74 Å². The molecule has 1 aliphatic rings. The van der Waals surface area contributed by atoms with Crippen LogP contribution in [0.1, 0.15) is 18.1 Å². The molecule has 2 aromatic rings. The highest BCUT2D eigenvalue weighted by Crippen LogP contribution is 2.35. The number of amides is 2. The molecule has 1 fully saturated rings. The molecule has 0 bridgehead atoms. The number of benzene rings is 2. The fourth-order valence-electron chi connectivity index (χ4n) is 2.46. The van der Waals surface area contributed by atoms with Gasteiger partial charge in [0.25, 0.3) is 11.1 Å². The Morgan fingerprint density at radius 1 is 1.12 bits per heavy atom. The maximum atomic E-state index is 12.7. The zero-order chi connectivity index (χ0) is 17.8. The number of halogens is 1.